The minimum atomic E-state index is -2.70. The molecule has 0 aliphatic heterocycles. The summed E-state index contributed by atoms with van der Waals surface area (Å²) in [5.41, 5.74) is 0.183. The molecule has 1 atom stereocenters. The van der Waals surface area contributed by atoms with E-state index >= 15 is 0 Å². The minimum absolute atomic E-state index is 0.183. The fourth-order valence-corrected chi connectivity index (χ4v) is 0.815. The molecule has 0 fully saturated rings. The van der Waals surface area contributed by atoms with Crippen LogP contribution in [0.25, 0.3) is 0 Å². The molecule has 0 saturated carbocycles. The van der Waals surface area contributed by atoms with Crippen LogP contribution in [0.2, 0.25) is 0 Å². The van der Waals surface area contributed by atoms with Gasteiger partial charge in [-0.2, -0.15) is 0 Å². The largest absolute Gasteiger partial charge is 0.481 e. The molecule has 2 N–H and O–H groups in total. The molecule has 0 aliphatic rings. The van der Waals surface area contributed by atoms with Gasteiger partial charge in [-0.25, -0.2) is 13.8 Å². The second-order valence-electron chi connectivity index (χ2n) is 2.58. The molecule has 6 heteroatoms. The van der Waals surface area contributed by atoms with Crippen LogP contribution in [0.5, 0.6) is 0 Å². The summed E-state index contributed by atoms with van der Waals surface area (Å²) in [4.78, 5) is 16.0. The first kappa shape index (κ1) is 9.63. The third-order valence-corrected chi connectivity index (χ3v) is 1.66. The highest BCUT2D eigenvalue weighted by Crippen LogP contribution is 2.18. The van der Waals surface area contributed by atoms with E-state index in [0.29, 0.717) is 0 Å². The first-order valence-electron chi connectivity index (χ1n) is 3.58. The van der Waals surface area contributed by atoms with Gasteiger partial charge in [-0.15, -0.1) is 0 Å². The van der Waals surface area contributed by atoms with E-state index in [2.05, 4.69) is 9.97 Å². The topological polar surface area (TPSA) is 66.0 Å². The summed E-state index contributed by atoms with van der Waals surface area (Å²) in [6.45, 7) is 1.39. The molecule has 4 nitrogen and oxygen atoms in total. The van der Waals surface area contributed by atoms with E-state index in [1.807, 2.05) is 0 Å². The summed E-state index contributed by atoms with van der Waals surface area (Å²) < 4.78 is 24.0. The second kappa shape index (κ2) is 3.51. The van der Waals surface area contributed by atoms with E-state index in [0.717, 1.165) is 6.20 Å². The van der Waals surface area contributed by atoms with Crippen LogP contribution in [0.15, 0.2) is 6.20 Å². The fraction of sp³-hybridized carbons (Fsp3) is 0.429. The maximum absolute atomic E-state index is 12.0. The van der Waals surface area contributed by atoms with E-state index in [9.17, 15) is 13.6 Å². The van der Waals surface area contributed by atoms with Crippen LogP contribution < -0.4 is 0 Å². The highest BCUT2D eigenvalue weighted by Gasteiger charge is 2.18. The predicted molar refractivity (Wildman–Crippen MR) is 39.6 cm³/mol. The van der Waals surface area contributed by atoms with Crippen LogP contribution in [-0.2, 0) is 4.79 Å². The lowest BCUT2D eigenvalue weighted by atomic mass is 10.1. The van der Waals surface area contributed by atoms with Crippen molar-refractivity contribution >= 4 is 5.97 Å². The third kappa shape index (κ3) is 2.01. The van der Waals surface area contributed by atoms with Crippen LogP contribution in [0.1, 0.15) is 30.8 Å². The molecule has 1 aromatic heterocycles. The van der Waals surface area contributed by atoms with Gasteiger partial charge in [-0.3, -0.25) is 4.79 Å². The zero-order chi connectivity index (χ0) is 10.0. The van der Waals surface area contributed by atoms with Gasteiger partial charge in [0.25, 0.3) is 6.43 Å². The molecule has 0 saturated heterocycles. The Balaban J connectivity index is 2.85. The van der Waals surface area contributed by atoms with Gasteiger partial charge in [-0.05, 0) is 6.92 Å². The van der Waals surface area contributed by atoms with Gasteiger partial charge in [0.2, 0.25) is 0 Å². The summed E-state index contributed by atoms with van der Waals surface area (Å²) in [6.07, 6.45) is -1.59. The molecule has 0 bridgehead atoms. The Morgan fingerprint density at radius 1 is 1.69 bits per heavy atom. The number of aliphatic carboxylic acids is 1. The zero-order valence-corrected chi connectivity index (χ0v) is 6.79. The smallest absolute Gasteiger partial charge is 0.312 e. The second-order valence-corrected chi connectivity index (χ2v) is 2.58. The lowest BCUT2D eigenvalue weighted by Gasteiger charge is -2.00. The number of halogens is 2. The number of carboxylic acid groups (broad SMARTS) is 1. The number of nitrogens with one attached hydrogen (secondary N) is 1. The fourth-order valence-electron chi connectivity index (χ4n) is 0.815. The predicted octanol–water partition coefficient (Wildman–Crippen LogP) is 1.54. The molecule has 1 aromatic rings. The van der Waals surface area contributed by atoms with Crippen molar-refractivity contribution in [2.45, 2.75) is 19.3 Å². The van der Waals surface area contributed by atoms with Crippen molar-refractivity contribution in [3.05, 3.63) is 17.7 Å². The van der Waals surface area contributed by atoms with Gasteiger partial charge in [0.05, 0.1) is 5.92 Å². The Morgan fingerprint density at radius 2 is 2.31 bits per heavy atom. The first-order chi connectivity index (χ1) is 6.02. The van der Waals surface area contributed by atoms with Crippen molar-refractivity contribution < 1.29 is 18.7 Å². The molecule has 1 unspecified atom stereocenters. The molecule has 0 spiro atoms. The van der Waals surface area contributed by atoms with Gasteiger partial charge in [-0.1, -0.05) is 0 Å². The molecule has 0 radical (unpaired) electrons. The lowest BCUT2D eigenvalue weighted by Crippen LogP contribution is -2.07. The number of carbonyl (C=O) groups is 1. The molecule has 1 rings (SSSR count). The molecule has 0 amide bonds. The van der Waals surface area contributed by atoms with Crippen molar-refractivity contribution in [1.82, 2.24) is 9.97 Å². The average Bonchev–Trinajstić information content (AvgIpc) is 2.50. The van der Waals surface area contributed by atoms with E-state index in [-0.39, 0.29) is 5.69 Å². The van der Waals surface area contributed by atoms with Crippen LogP contribution in [0.4, 0.5) is 8.78 Å². The van der Waals surface area contributed by atoms with Crippen molar-refractivity contribution in [3.63, 3.8) is 0 Å². The third-order valence-electron chi connectivity index (χ3n) is 1.66. The molecular formula is C7H8F2N2O2. The number of alkyl halides is 2. The molecular weight excluding hydrogens is 182 g/mol. The van der Waals surface area contributed by atoms with E-state index in [1.54, 1.807) is 0 Å². The summed E-state index contributed by atoms with van der Waals surface area (Å²) in [6, 6.07) is 0. The number of aromatic amines is 1. The highest BCUT2D eigenvalue weighted by molar-refractivity contribution is 5.74. The number of hydrogen-bond acceptors (Lipinski definition) is 2. The SMILES string of the molecule is CC(C(=O)O)c1cnc(C(F)F)[nH]1. The number of imidazole rings is 1. The van der Waals surface area contributed by atoms with Gasteiger partial charge < -0.3 is 10.1 Å². The van der Waals surface area contributed by atoms with Crippen molar-refractivity contribution in [2.24, 2.45) is 0 Å². The lowest BCUT2D eigenvalue weighted by molar-refractivity contribution is -0.138. The molecule has 0 aliphatic carbocycles. The van der Waals surface area contributed by atoms with Gasteiger partial charge in [0.15, 0.2) is 5.82 Å². The minimum Gasteiger partial charge on any atom is -0.481 e. The van der Waals surface area contributed by atoms with Crippen molar-refractivity contribution in [2.75, 3.05) is 0 Å². The molecule has 13 heavy (non-hydrogen) atoms. The quantitative estimate of drug-likeness (QED) is 0.759. The Morgan fingerprint density at radius 3 is 2.69 bits per heavy atom. The Labute approximate surface area is 72.6 Å². The van der Waals surface area contributed by atoms with Crippen molar-refractivity contribution in [1.29, 1.82) is 0 Å². The zero-order valence-electron chi connectivity index (χ0n) is 6.79. The van der Waals surface area contributed by atoms with E-state index < -0.39 is 24.1 Å². The highest BCUT2D eigenvalue weighted by atomic mass is 19.3. The Hall–Kier alpha value is -1.46. The summed E-state index contributed by atoms with van der Waals surface area (Å²) in [5.74, 6) is -2.42. The molecule has 72 valence electrons. The normalized spacial score (nSPS) is 13.2. The number of H-pyrrole nitrogens is 1. The monoisotopic (exact) mass is 190 g/mol. The summed E-state index contributed by atoms with van der Waals surface area (Å²) >= 11 is 0. The number of hydrogen-bond donors (Lipinski definition) is 2. The maximum Gasteiger partial charge on any atom is 0.312 e. The Kier molecular flexibility index (Phi) is 2.60. The standard InChI is InChI=1S/C7H8F2N2O2/c1-3(7(12)13)4-2-10-6(11-4)5(8)9/h2-3,5H,1H3,(H,10,11)(H,12,13). The number of rotatable bonds is 3. The molecule has 0 aromatic carbocycles. The summed E-state index contributed by atoms with van der Waals surface area (Å²) in [5, 5.41) is 8.55. The molecule has 1 heterocycles. The number of nitrogens with zero attached hydrogens (tertiary/aromatic N) is 1. The first-order valence-corrected chi connectivity index (χ1v) is 3.58. The van der Waals surface area contributed by atoms with Gasteiger partial charge >= 0.3 is 5.97 Å². The Bertz CT molecular complexity index is 311. The van der Waals surface area contributed by atoms with E-state index in [4.69, 9.17) is 5.11 Å². The summed E-state index contributed by atoms with van der Waals surface area (Å²) in [7, 11) is 0. The number of carboxylic acids is 1. The van der Waals surface area contributed by atoms with Crippen LogP contribution in [0.3, 0.4) is 0 Å². The average molecular weight is 190 g/mol. The number of aromatic nitrogens is 2. The van der Waals surface area contributed by atoms with Crippen LogP contribution in [-0.4, -0.2) is 21.0 Å². The van der Waals surface area contributed by atoms with Crippen LogP contribution >= 0.6 is 0 Å². The van der Waals surface area contributed by atoms with Crippen LogP contribution in [0, 0.1) is 0 Å². The van der Waals surface area contributed by atoms with E-state index in [1.165, 1.54) is 6.92 Å². The maximum atomic E-state index is 12.0. The van der Waals surface area contributed by atoms with Gasteiger partial charge in [0, 0.05) is 11.9 Å². The van der Waals surface area contributed by atoms with Gasteiger partial charge in [0.1, 0.15) is 0 Å². The van der Waals surface area contributed by atoms with Crippen molar-refractivity contribution in [3.8, 4) is 0 Å².